The van der Waals surface area contributed by atoms with Gasteiger partial charge in [-0.15, -0.1) is 0 Å². The van der Waals surface area contributed by atoms with Crippen LogP contribution in [-0.4, -0.2) is 37.3 Å². The van der Waals surface area contributed by atoms with Crippen molar-refractivity contribution in [3.63, 3.8) is 0 Å². The minimum atomic E-state index is -0.377. The highest BCUT2D eigenvalue weighted by molar-refractivity contribution is 5.80. The van der Waals surface area contributed by atoms with E-state index in [1.54, 1.807) is 19.3 Å². The van der Waals surface area contributed by atoms with Gasteiger partial charge in [0.2, 0.25) is 5.91 Å². The van der Waals surface area contributed by atoms with Gasteiger partial charge in [0, 0.05) is 12.4 Å². The van der Waals surface area contributed by atoms with Gasteiger partial charge in [-0.2, -0.15) is 0 Å². The number of amides is 1. The van der Waals surface area contributed by atoms with Crippen molar-refractivity contribution in [3.05, 3.63) is 11.8 Å². The number of nitrogens with zero attached hydrogens (tertiary/aromatic N) is 1. The zero-order chi connectivity index (χ0) is 13.4. The van der Waals surface area contributed by atoms with Crippen molar-refractivity contribution in [2.24, 2.45) is 10.7 Å². The fourth-order valence-electron chi connectivity index (χ4n) is 1.70. The molecule has 0 aliphatic carbocycles. The lowest BCUT2D eigenvalue weighted by molar-refractivity contribution is -0.143. The number of hydrogen-bond acceptors (Lipinski definition) is 5. The maximum Gasteiger partial charge on any atom is 0.308 e. The van der Waals surface area contributed by atoms with Gasteiger partial charge in [-0.25, -0.2) is 0 Å². The Kier molecular flexibility index (Phi) is 6.07. The lowest BCUT2D eigenvalue weighted by Crippen LogP contribution is -2.41. The fraction of sp³-hybridized carbons (Fsp3) is 0.583. The Morgan fingerprint density at radius 1 is 1.61 bits per heavy atom. The van der Waals surface area contributed by atoms with Crippen molar-refractivity contribution in [1.29, 1.82) is 0 Å². The van der Waals surface area contributed by atoms with E-state index in [-0.39, 0.29) is 30.9 Å². The van der Waals surface area contributed by atoms with Crippen LogP contribution >= 0.6 is 0 Å². The molecule has 0 fully saturated rings. The maximum atomic E-state index is 11.5. The molecule has 1 aliphatic heterocycles. The van der Waals surface area contributed by atoms with Crippen molar-refractivity contribution in [2.75, 3.05) is 13.2 Å². The lowest BCUT2D eigenvalue weighted by Gasteiger charge is -2.21. The van der Waals surface area contributed by atoms with Crippen molar-refractivity contribution in [3.8, 4) is 0 Å². The first-order valence-corrected chi connectivity index (χ1v) is 6.03. The molecule has 0 radical (unpaired) electrons. The molecule has 0 spiro atoms. The highest BCUT2D eigenvalue weighted by Crippen LogP contribution is 2.16. The summed E-state index contributed by atoms with van der Waals surface area (Å²) >= 11 is 0. The highest BCUT2D eigenvalue weighted by atomic mass is 16.5. The Balaban J connectivity index is 2.68. The van der Waals surface area contributed by atoms with E-state index in [0.29, 0.717) is 6.61 Å². The van der Waals surface area contributed by atoms with Gasteiger partial charge in [-0.1, -0.05) is 0 Å². The largest absolute Gasteiger partial charge is 0.466 e. The molecule has 1 atom stereocenters. The molecule has 0 aromatic carbocycles. The van der Waals surface area contributed by atoms with Crippen LogP contribution in [0.2, 0.25) is 0 Å². The topological polar surface area (TPSA) is 93.8 Å². The predicted octanol–water partition coefficient (Wildman–Crippen LogP) is 0.132. The molecular weight excluding hydrogens is 234 g/mol. The van der Waals surface area contributed by atoms with Gasteiger partial charge in [0.1, 0.15) is 0 Å². The molecule has 0 saturated heterocycles. The molecule has 0 saturated carbocycles. The van der Waals surface area contributed by atoms with E-state index in [2.05, 4.69) is 10.3 Å². The number of aliphatic imine (C=N–C) groups is 1. The summed E-state index contributed by atoms with van der Waals surface area (Å²) in [6, 6.07) is -0.377. The summed E-state index contributed by atoms with van der Waals surface area (Å²) in [6.07, 6.45) is 5.18. The summed E-state index contributed by atoms with van der Waals surface area (Å²) in [5.74, 6) is -0.630. The lowest BCUT2D eigenvalue weighted by atomic mass is 9.99. The van der Waals surface area contributed by atoms with Crippen molar-refractivity contribution in [1.82, 2.24) is 5.32 Å². The number of carbonyl (C=O) groups excluding carboxylic acids is 2. The zero-order valence-electron chi connectivity index (χ0n) is 10.5. The Hall–Kier alpha value is -1.69. The van der Waals surface area contributed by atoms with Crippen LogP contribution in [0, 0.1) is 0 Å². The van der Waals surface area contributed by atoms with Crippen LogP contribution in [0.3, 0.4) is 0 Å². The molecule has 6 nitrogen and oxygen atoms in total. The molecule has 0 aromatic rings. The Morgan fingerprint density at radius 2 is 2.39 bits per heavy atom. The molecule has 6 heteroatoms. The molecule has 0 aromatic heterocycles. The maximum absolute atomic E-state index is 11.5. The van der Waals surface area contributed by atoms with Crippen molar-refractivity contribution in [2.45, 2.75) is 32.2 Å². The first kappa shape index (κ1) is 14.4. The average Bonchev–Trinajstić information content (AvgIpc) is 2.39. The Morgan fingerprint density at radius 3 is 2.94 bits per heavy atom. The molecule has 100 valence electrons. The highest BCUT2D eigenvalue weighted by Gasteiger charge is 2.21. The Bertz CT molecular complexity index is 364. The quantitative estimate of drug-likeness (QED) is 0.658. The average molecular weight is 253 g/mol. The van der Waals surface area contributed by atoms with Gasteiger partial charge in [0.15, 0.2) is 0 Å². The monoisotopic (exact) mass is 253 g/mol. The van der Waals surface area contributed by atoms with Crippen molar-refractivity contribution < 1.29 is 14.3 Å². The number of nitrogens with one attached hydrogen (secondary N) is 1. The van der Waals surface area contributed by atoms with E-state index in [4.69, 9.17) is 10.5 Å². The number of rotatable bonds is 6. The van der Waals surface area contributed by atoms with Gasteiger partial charge >= 0.3 is 5.97 Å². The van der Waals surface area contributed by atoms with Crippen molar-refractivity contribution >= 4 is 18.1 Å². The second kappa shape index (κ2) is 7.60. The van der Waals surface area contributed by atoms with Crippen LogP contribution in [0.1, 0.15) is 26.2 Å². The standard InChI is InChI=1S/C12H19N3O3/c1-2-18-12(17)6-10(15-11(16)7-13)9-4-3-5-14-8-9/h5,8,10H,2-4,6-7,13H2,1H3,(H,15,16). The fourth-order valence-corrected chi connectivity index (χ4v) is 1.70. The van der Waals surface area contributed by atoms with E-state index in [0.717, 1.165) is 18.4 Å². The molecule has 1 heterocycles. The first-order valence-electron chi connectivity index (χ1n) is 6.03. The molecule has 18 heavy (non-hydrogen) atoms. The number of carbonyl (C=O) groups is 2. The summed E-state index contributed by atoms with van der Waals surface area (Å²) in [6.45, 7) is 1.97. The summed E-state index contributed by atoms with van der Waals surface area (Å²) in [7, 11) is 0. The van der Waals surface area contributed by atoms with Gasteiger partial charge in [-0.05, 0) is 25.3 Å². The van der Waals surface area contributed by atoms with Crippen LogP contribution in [0.4, 0.5) is 0 Å². The van der Waals surface area contributed by atoms with Crippen LogP contribution in [0.15, 0.2) is 16.8 Å². The second-order valence-electron chi connectivity index (χ2n) is 3.91. The summed E-state index contributed by atoms with van der Waals surface area (Å²) < 4.78 is 4.89. The smallest absolute Gasteiger partial charge is 0.308 e. The molecule has 0 bridgehead atoms. The van der Waals surface area contributed by atoms with Crippen LogP contribution < -0.4 is 11.1 Å². The van der Waals surface area contributed by atoms with Gasteiger partial charge in [-0.3, -0.25) is 14.6 Å². The second-order valence-corrected chi connectivity index (χ2v) is 3.91. The van der Waals surface area contributed by atoms with Crippen LogP contribution in [0.5, 0.6) is 0 Å². The summed E-state index contributed by atoms with van der Waals surface area (Å²) in [5, 5.41) is 2.72. The Labute approximate surface area is 106 Å². The van der Waals surface area contributed by atoms with Gasteiger partial charge in [0.05, 0.1) is 25.6 Å². The number of esters is 1. The zero-order valence-corrected chi connectivity index (χ0v) is 10.5. The minimum absolute atomic E-state index is 0.101. The van der Waals surface area contributed by atoms with E-state index in [1.165, 1.54) is 0 Å². The van der Waals surface area contributed by atoms with Gasteiger partial charge < -0.3 is 15.8 Å². The third-order valence-electron chi connectivity index (χ3n) is 2.55. The molecular formula is C12H19N3O3. The SMILES string of the molecule is CCOC(=O)CC(NC(=O)CN)C1=CN=CCC1. The summed E-state index contributed by atoms with van der Waals surface area (Å²) in [4.78, 5) is 26.9. The van der Waals surface area contributed by atoms with E-state index in [1.807, 2.05) is 0 Å². The normalized spacial score (nSPS) is 15.8. The van der Waals surface area contributed by atoms with Crippen LogP contribution in [0.25, 0.3) is 0 Å². The molecule has 3 N–H and O–H groups in total. The third-order valence-corrected chi connectivity index (χ3v) is 2.55. The van der Waals surface area contributed by atoms with E-state index >= 15 is 0 Å². The number of hydrogen-bond donors (Lipinski definition) is 2. The summed E-state index contributed by atoms with van der Waals surface area (Å²) in [5.41, 5.74) is 6.19. The molecule has 1 rings (SSSR count). The first-order chi connectivity index (χ1) is 8.67. The van der Waals surface area contributed by atoms with E-state index in [9.17, 15) is 9.59 Å². The molecule has 1 unspecified atom stereocenters. The number of nitrogens with two attached hydrogens (primary N) is 1. The van der Waals surface area contributed by atoms with E-state index < -0.39 is 0 Å². The number of ether oxygens (including phenoxy) is 1. The van der Waals surface area contributed by atoms with Gasteiger partial charge in [0.25, 0.3) is 0 Å². The molecule has 1 amide bonds. The molecule has 1 aliphatic rings. The van der Waals surface area contributed by atoms with Crippen LogP contribution in [-0.2, 0) is 14.3 Å². The third kappa shape index (κ3) is 4.67. The minimum Gasteiger partial charge on any atom is -0.466 e. The predicted molar refractivity (Wildman–Crippen MR) is 68.0 cm³/mol.